The fourth-order valence-corrected chi connectivity index (χ4v) is 2.99. The van der Waals surface area contributed by atoms with Crippen molar-refractivity contribution in [3.05, 3.63) is 23.3 Å². The summed E-state index contributed by atoms with van der Waals surface area (Å²) in [6, 6.07) is 3.56. The second-order valence-electron chi connectivity index (χ2n) is 6.59. The fourth-order valence-electron chi connectivity index (χ4n) is 2.99. The predicted octanol–water partition coefficient (Wildman–Crippen LogP) is 2.97. The minimum absolute atomic E-state index is 0.113. The number of methoxy groups -OCH3 is 2. The van der Waals surface area contributed by atoms with E-state index in [4.69, 9.17) is 14.2 Å². The number of anilines is 1. The summed E-state index contributed by atoms with van der Waals surface area (Å²) in [5, 5.41) is 0. The van der Waals surface area contributed by atoms with Gasteiger partial charge < -0.3 is 19.1 Å². The largest absolute Gasteiger partial charge is 0.476 e. The van der Waals surface area contributed by atoms with Crippen LogP contribution >= 0.6 is 0 Å². The Bertz CT molecular complexity index is 653. The number of aryl methyl sites for hydroxylation is 1. The number of ether oxygens (including phenoxy) is 3. The summed E-state index contributed by atoms with van der Waals surface area (Å²) in [5.41, 5.74) is 1.00. The van der Waals surface area contributed by atoms with Crippen molar-refractivity contribution in [1.29, 1.82) is 0 Å². The number of nitrogens with zero attached hydrogens (tertiary/aromatic N) is 1. The SMILES string of the molecule is CCc1cc2c(cc1C(=O)OC)N(CCCCOC)C(=O)C(C)(C)O2. The molecule has 0 bridgehead atoms. The number of benzene rings is 1. The van der Waals surface area contributed by atoms with E-state index in [-0.39, 0.29) is 5.91 Å². The molecule has 2 rings (SSSR count). The van der Waals surface area contributed by atoms with Crippen molar-refractivity contribution >= 4 is 17.6 Å². The van der Waals surface area contributed by atoms with E-state index in [0.717, 1.165) is 18.4 Å². The third kappa shape index (κ3) is 3.95. The maximum Gasteiger partial charge on any atom is 0.338 e. The van der Waals surface area contributed by atoms with Crippen molar-refractivity contribution in [3.63, 3.8) is 0 Å². The summed E-state index contributed by atoms with van der Waals surface area (Å²) in [6.45, 7) is 6.70. The van der Waals surface area contributed by atoms with Crippen molar-refractivity contribution in [1.82, 2.24) is 0 Å². The van der Waals surface area contributed by atoms with Gasteiger partial charge in [-0.15, -0.1) is 0 Å². The van der Waals surface area contributed by atoms with E-state index in [9.17, 15) is 9.59 Å². The lowest BCUT2D eigenvalue weighted by Crippen LogP contribution is -2.52. The van der Waals surface area contributed by atoms with Crippen LogP contribution in [0.15, 0.2) is 12.1 Å². The number of unbranched alkanes of at least 4 members (excludes halogenated alkanes) is 1. The molecule has 0 saturated heterocycles. The number of hydrogen-bond acceptors (Lipinski definition) is 5. The van der Waals surface area contributed by atoms with Gasteiger partial charge >= 0.3 is 5.97 Å². The van der Waals surface area contributed by atoms with Gasteiger partial charge in [-0.25, -0.2) is 4.79 Å². The summed E-state index contributed by atoms with van der Waals surface area (Å²) >= 11 is 0. The lowest BCUT2D eigenvalue weighted by atomic mass is 9.98. The van der Waals surface area contributed by atoms with E-state index >= 15 is 0 Å². The van der Waals surface area contributed by atoms with E-state index < -0.39 is 11.6 Å². The monoisotopic (exact) mass is 349 g/mol. The third-order valence-electron chi connectivity index (χ3n) is 4.37. The Labute approximate surface area is 149 Å². The highest BCUT2D eigenvalue weighted by molar-refractivity contribution is 6.04. The molecule has 0 saturated carbocycles. The Kier molecular flexibility index (Phi) is 6.06. The summed E-state index contributed by atoms with van der Waals surface area (Å²) in [4.78, 5) is 26.7. The van der Waals surface area contributed by atoms with Crippen molar-refractivity contribution in [2.24, 2.45) is 0 Å². The number of carbonyl (C=O) groups is 2. The summed E-state index contributed by atoms with van der Waals surface area (Å²) in [5.74, 6) is 0.106. The van der Waals surface area contributed by atoms with Crippen LogP contribution in [0.5, 0.6) is 5.75 Å². The van der Waals surface area contributed by atoms with Crippen LogP contribution in [0.1, 0.15) is 49.5 Å². The van der Waals surface area contributed by atoms with Crippen LogP contribution in [0.25, 0.3) is 0 Å². The highest BCUT2D eigenvalue weighted by atomic mass is 16.5. The van der Waals surface area contributed by atoms with Gasteiger partial charge in [0.05, 0.1) is 18.4 Å². The fraction of sp³-hybridized carbons (Fsp3) is 0.579. The Morgan fingerprint density at radius 3 is 2.56 bits per heavy atom. The Morgan fingerprint density at radius 1 is 1.24 bits per heavy atom. The van der Waals surface area contributed by atoms with Crippen molar-refractivity contribution in [2.75, 3.05) is 32.3 Å². The number of carbonyl (C=O) groups excluding carboxylic acids is 2. The van der Waals surface area contributed by atoms with Crippen molar-refractivity contribution < 1.29 is 23.8 Å². The number of rotatable bonds is 7. The Hall–Kier alpha value is -2.08. The van der Waals surface area contributed by atoms with Gasteiger partial charge in [0, 0.05) is 20.3 Å². The normalized spacial score (nSPS) is 15.6. The van der Waals surface area contributed by atoms with E-state index in [0.29, 0.717) is 36.6 Å². The Balaban J connectivity index is 2.44. The molecule has 25 heavy (non-hydrogen) atoms. The molecule has 1 aromatic carbocycles. The van der Waals surface area contributed by atoms with Gasteiger partial charge in [0.2, 0.25) is 0 Å². The van der Waals surface area contributed by atoms with Crippen LogP contribution in [0.2, 0.25) is 0 Å². The molecule has 6 heteroatoms. The molecule has 0 aliphatic carbocycles. The number of amides is 1. The smallest absolute Gasteiger partial charge is 0.338 e. The predicted molar refractivity (Wildman–Crippen MR) is 95.3 cm³/mol. The summed E-state index contributed by atoms with van der Waals surface area (Å²) in [7, 11) is 3.02. The number of hydrogen-bond donors (Lipinski definition) is 0. The average Bonchev–Trinajstić information content (AvgIpc) is 2.59. The van der Waals surface area contributed by atoms with Gasteiger partial charge in [-0.2, -0.15) is 0 Å². The molecule has 1 heterocycles. The van der Waals surface area contributed by atoms with Crippen LogP contribution in [-0.4, -0.2) is 44.8 Å². The van der Waals surface area contributed by atoms with Gasteiger partial charge in [0.25, 0.3) is 5.91 Å². The van der Waals surface area contributed by atoms with Gasteiger partial charge in [-0.05, 0) is 50.8 Å². The summed E-state index contributed by atoms with van der Waals surface area (Å²) in [6.07, 6.45) is 2.33. The molecule has 0 spiro atoms. The molecule has 138 valence electrons. The van der Waals surface area contributed by atoms with Crippen molar-refractivity contribution in [2.45, 2.75) is 45.6 Å². The summed E-state index contributed by atoms with van der Waals surface area (Å²) < 4.78 is 15.9. The molecule has 0 N–H and O–H groups in total. The molecule has 0 radical (unpaired) electrons. The molecule has 0 aromatic heterocycles. The van der Waals surface area contributed by atoms with Crippen molar-refractivity contribution in [3.8, 4) is 5.75 Å². The molecule has 1 aliphatic heterocycles. The first kappa shape index (κ1) is 19.2. The molecule has 0 unspecified atom stereocenters. The molecule has 0 atom stereocenters. The van der Waals surface area contributed by atoms with Crippen LogP contribution < -0.4 is 9.64 Å². The van der Waals surface area contributed by atoms with Crippen LogP contribution in [0.4, 0.5) is 5.69 Å². The molecule has 1 aromatic rings. The quantitative estimate of drug-likeness (QED) is 0.559. The lowest BCUT2D eigenvalue weighted by molar-refractivity contribution is -0.132. The zero-order valence-electron chi connectivity index (χ0n) is 15.7. The first-order chi connectivity index (χ1) is 11.9. The van der Waals surface area contributed by atoms with E-state index in [1.165, 1.54) is 7.11 Å². The van der Waals surface area contributed by atoms with Crippen LogP contribution in [-0.2, 0) is 20.7 Å². The van der Waals surface area contributed by atoms with Crippen LogP contribution in [0.3, 0.4) is 0 Å². The maximum atomic E-state index is 12.8. The maximum absolute atomic E-state index is 12.8. The molecule has 0 fully saturated rings. The molecule has 1 aliphatic rings. The zero-order chi connectivity index (χ0) is 18.6. The number of fused-ring (bicyclic) bond motifs is 1. The third-order valence-corrected chi connectivity index (χ3v) is 4.37. The minimum Gasteiger partial charge on any atom is -0.476 e. The molecular weight excluding hydrogens is 322 g/mol. The van der Waals surface area contributed by atoms with Gasteiger partial charge in [0.1, 0.15) is 5.75 Å². The topological polar surface area (TPSA) is 65.1 Å². The first-order valence-electron chi connectivity index (χ1n) is 8.60. The molecule has 6 nitrogen and oxygen atoms in total. The highest BCUT2D eigenvalue weighted by Gasteiger charge is 2.41. The van der Waals surface area contributed by atoms with Gasteiger partial charge in [0.15, 0.2) is 5.60 Å². The van der Waals surface area contributed by atoms with Crippen LogP contribution in [0, 0.1) is 0 Å². The minimum atomic E-state index is -0.938. The number of esters is 1. The standard InChI is InChI=1S/C19H27NO5/c1-6-13-11-16-15(12-14(13)17(21)24-5)20(9-7-8-10-23-4)18(22)19(2,3)25-16/h11-12H,6-10H2,1-5H3. The average molecular weight is 349 g/mol. The van der Waals surface area contributed by atoms with E-state index in [1.54, 1.807) is 31.9 Å². The second kappa shape index (κ2) is 7.87. The highest BCUT2D eigenvalue weighted by Crippen LogP contribution is 2.40. The van der Waals surface area contributed by atoms with Gasteiger partial charge in [-0.1, -0.05) is 6.92 Å². The van der Waals surface area contributed by atoms with E-state index in [1.807, 2.05) is 13.0 Å². The van der Waals surface area contributed by atoms with Gasteiger partial charge in [-0.3, -0.25) is 4.79 Å². The molecular formula is C19H27NO5. The molecule has 1 amide bonds. The Morgan fingerprint density at radius 2 is 1.96 bits per heavy atom. The second-order valence-corrected chi connectivity index (χ2v) is 6.59. The lowest BCUT2D eigenvalue weighted by Gasteiger charge is -2.39. The zero-order valence-corrected chi connectivity index (χ0v) is 15.7. The van der Waals surface area contributed by atoms with E-state index in [2.05, 4.69) is 0 Å². The first-order valence-corrected chi connectivity index (χ1v) is 8.60.